The lowest BCUT2D eigenvalue weighted by molar-refractivity contribution is -0.870. The molecule has 2 unspecified atom stereocenters. The Morgan fingerprint density at radius 3 is 1.02 bits per heavy atom. The minimum atomic E-state index is -4.64. The summed E-state index contributed by atoms with van der Waals surface area (Å²) in [5.74, 6) is -0.815. The Morgan fingerprint density at radius 1 is 0.381 bits per heavy atom. The number of hydrogen-bond acceptors (Lipinski definition) is 8. The molecule has 0 N–H and O–H groups in total. The molecule has 0 aliphatic heterocycles. The number of ether oxygens (including phenoxy) is 2. The molecular weight excluding hydrogens is 1060 g/mol. The highest BCUT2D eigenvalue weighted by atomic mass is 31.2. The van der Waals surface area contributed by atoms with Crippen LogP contribution in [0, 0.1) is 0 Å². The van der Waals surface area contributed by atoms with Gasteiger partial charge in [0, 0.05) is 12.8 Å². The van der Waals surface area contributed by atoms with Crippen molar-refractivity contribution >= 4 is 19.8 Å². The molecule has 0 aliphatic carbocycles. The summed E-state index contributed by atoms with van der Waals surface area (Å²) in [6, 6.07) is 0. The van der Waals surface area contributed by atoms with Crippen molar-refractivity contribution in [1.82, 2.24) is 0 Å². The van der Waals surface area contributed by atoms with E-state index in [9.17, 15) is 19.0 Å². The van der Waals surface area contributed by atoms with Crippen LogP contribution in [0.4, 0.5) is 0 Å². The fourth-order valence-corrected chi connectivity index (χ4v) is 11.3. The van der Waals surface area contributed by atoms with Gasteiger partial charge in [-0.15, -0.1) is 0 Å². The number of phosphoric acid groups is 1. The van der Waals surface area contributed by atoms with Crippen molar-refractivity contribution in [3.05, 3.63) is 60.8 Å². The molecule has 0 saturated carbocycles. The lowest BCUT2D eigenvalue weighted by Gasteiger charge is -2.28. The molecule has 0 heterocycles. The third-order valence-electron chi connectivity index (χ3n) is 16.0. The Hall–Kier alpha value is -2.29. The second kappa shape index (κ2) is 65.2. The maximum absolute atomic E-state index is 12.9. The van der Waals surface area contributed by atoms with E-state index in [1.54, 1.807) is 0 Å². The van der Waals surface area contributed by atoms with Gasteiger partial charge in [0.25, 0.3) is 7.82 Å². The van der Waals surface area contributed by atoms with Gasteiger partial charge in [-0.25, -0.2) is 0 Å². The monoisotopic (exact) mass is 1200 g/mol. The fourth-order valence-electron chi connectivity index (χ4n) is 10.5. The Labute approximate surface area is 521 Å². The minimum absolute atomic E-state index is 0.0291. The highest BCUT2D eigenvalue weighted by Gasteiger charge is 2.22. The van der Waals surface area contributed by atoms with E-state index in [4.69, 9.17) is 18.5 Å². The fraction of sp³-hybridized carbons (Fsp3) is 0.838. The Morgan fingerprint density at radius 2 is 0.679 bits per heavy atom. The molecule has 0 amide bonds. The SMILES string of the molecule is CC/C=C\C/C=C\C/C=C\C/C=C\CCCCCCCCCCCCCCCCCCCCCCCCC(=O)OC(COC(=O)CCCCCCCCCCCCCCC/C=C\CCCCCCCCCC)COP(=O)([O-])OCC[N+](C)(C)C. The first-order chi connectivity index (χ1) is 41.0. The van der Waals surface area contributed by atoms with E-state index >= 15 is 0 Å². The molecule has 0 aromatic heterocycles. The van der Waals surface area contributed by atoms with Crippen molar-refractivity contribution in [2.24, 2.45) is 0 Å². The standard InChI is InChI=1S/C74H138NO8P/c1-6-8-10-12-14-16-18-20-22-24-26-28-30-32-33-34-35-36-37-38-39-40-41-43-45-47-49-51-53-55-57-59-61-63-65-67-74(77)83-72(71-82-84(78,79)81-69-68-75(3,4)5)70-80-73(76)66-64-62-60-58-56-54-52-50-48-46-44-42-31-29-27-25-23-21-19-17-15-13-11-9-7-2/h8,10,14,16,20,22,25-28,72H,6-7,9,11-13,15,17-19,21,23-24,29-71H2,1-5H3/b10-8-,16-14-,22-20-,27-25-,28-26-. The lowest BCUT2D eigenvalue weighted by atomic mass is 10.0. The summed E-state index contributed by atoms with van der Waals surface area (Å²) >= 11 is 0. The molecule has 0 saturated heterocycles. The van der Waals surface area contributed by atoms with Crippen LogP contribution in [-0.4, -0.2) is 70.0 Å². The summed E-state index contributed by atoms with van der Waals surface area (Å²) in [7, 11) is 1.18. The molecule has 10 heteroatoms. The average molecular weight is 1200 g/mol. The van der Waals surface area contributed by atoms with E-state index in [1.165, 1.54) is 257 Å². The first-order valence-electron chi connectivity index (χ1n) is 36.0. The number of quaternary nitrogens is 1. The van der Waals surface area contributed by atoms with E-state index in [1.807, 2.05) is 21.1 Å². The molecule has 0 fully saturated rings. The first kappa shape index (κ1) is 81.7. The van der Waals surface area contributed by atoms with E-state index in [2.05, 4.69) is 74.6 Å². The second-order valence-electron chi connectivity index (χ2n) is 25.6. The van der Waals surface area contributed by atoms with E-state index in [0.29, 0.717) is 17.4 Å². The zero-order valence-corrected chi connectivity index (χ0v) is 57.0. The summed E-state index contributed by atoms with van der Waals surface area (Å²) in [5.41, 5.74) is 0. The van der Waals surface area contributed by atoms with Gasteiger partial charge in [-0.1, -0.05) is 319 Å². The van der Waals surface area contributed by atoms with Gasteiger partial charge in [0.05, 0.1) is 27.7 Å². The molecule has 0 aromatic carbocycles. The zero-order valence-electron chi connectivity index (χ0n) is 56.1. The van der Waals surface area contributed by atoms with E-state index in [-0.39, 0.29) is 32.0 Å². The molecule has 9 nitrogen and oxygen atoms in total. The maximum Gasteiger partial charge on any atom is 0.306 e. The molecule has 0 aromatic rings. The van der Waals surface area contributed by atoms with Crippen LogP contribution in [0.2, 0.25) is 0 Å². The number of likely N-dealkylation sites (N-methyl/N-ethyl adjacent to an activating group) is 1. The van der Waals surface area contributed by atoms with Crippen molar-refractivity contribution in [2.75, 3.05) is 47.5 Å². The predicted octanol–water partition coefficient (Wildman–Crippen LogP) is 22.8. The Balaban J connectivity index is 3.97. The van der Waals surface area contributed by atoms with Crippen LogP contribution in [0.1, 0.15) is 348 Å². The number of allylic oxidation sites excluding steroid dienone is 10. The van der Waals surface area contributed by atoms with Gasteiger partial charge in [-0.05, 0) is 77.0 Å². The molecule has 0 rings (SSSR count). The van der Waals surface area contributed by atoms with Gasteiger partial charge in [-0.2, -0.15) is 0 Å². The van der Waals surface area contributed by atoms with E-state index < -0.39 is 26.5 Å². The number of rotatable bonds is 67. The third kappa shape index (κ3) is 68.8. The van der Waals surface area contributed by atoms with Crippen LogP contribution in [0.25, 0.3) is 0 Å². The highest BCUT2D eigenvalue weighted by Crippen LogP contribution is 2.38. The molecule has 0 bridgehead atoms. The molecular formula is C74H138NO8P. The van der Waals surface area contributed by atoms with E-state index in [0.717, 1.165) is 57.8 Å². The van der Waals surface area contributed by atoms with Gasteiger partial charge in [0.1, 0.15) is 19.8 Å². The van der Waals surface area contributed by atoms with Crippen LogP contribution < -0.4 is 4.89 Å². The van der Waals surface area contributed by atoms with Crippen molar-refractivity contribution in [3.8, 4) is 0 Å². The predicted molar refractivity (Wildman–Crippen MR) is 360 cm³/mol. The molecule has 2 atom stereocenters. The van der Waals surface area contributed by atoms with Gasteiger partial charge in [0.2, 0.25) is 0 Å². The number of carbonyl (C=O) groups is 2. The number of unbranched alkanes of at least 4 members (excludes halogenated alkanes) is 43. The number of hydrogen-bond donors (Lipinski definition) is 0. The minimum Gasteiger partial charge on any atom is -0.756 e. The average Bonchev–Trinajstić information content (AvgIpc) is 3.61. The summed E-state index contributed by atoms with van der Waals surface area (Å²) < 4.78 is 34.3. The lowest BCUT2D eigenvalue weighted by Crippen LogP contribution is -2.37. The smallest absolute Gasteiger partial charge is 0.306 e. The summed E-state index contributed by atoms with van der Waals surface area (Å²) in [6.45, 7) is 4.19. The second-order valence-corrected chi connectivity index (χ2v) is 27.0. The number of phosphoric ester groups is 1. The molecule has 0 spiro atoms. The summed E-state index contributed by atoms with van der Waals surface area (Å²) in [4.78, 5) is 38.1. The first-order valence-corrected chi connectivity index (χ1v) is 37.5. The molecule has 84 heavy (non-hydrogen) atoms. The van der Waals surface area contributed by atoms with Gasteiger partial charge >= 0.3 is 11.9 Å². The topological polar surface area (TPSA) is 111 Å². The quantitative estimate of drug-likeness (QED) is 0.0195. The molecule has 0 radical (unpaired) electrons. The van der Waals surface area contributed by atoms with Crippen LogP contribution in [0.3, 0.4) is 0 Å². The third-order valence-corrected chi connectivity index (χ3v) is 17.0. The van der Waals surface area contributed by atoms with Gasteiger partial charge in [0.15, 0.2) is 6.10 Å². The maximum atomic E-state index is 12.9. The van der Waals surface area contributed by atoms with Gasteiger partial charge in [-0.3, -0.25) is 14.2 Å². The van der Waals surface area contributed by atoms with Crippen LogP contribution in [0.5, 0.6) is 0 Å². The molecule has 492 valence electrons. The zero-order chi connectivity index (χ0) is 61.2. The normalized spacial score (nSPS) is 13.5. The molecule has 0 aliphatic rings. The number of esters is 2. The highest BCUT2D eigenvalue weighted by molar-refractivity contribution is 7.45. The van der Waals surface area contributed by atoms with Crippen molar-refractivity contribution in [3.63, 3.8) is 0 Å². The summed E-state index contributed by atoms with van der Waals surface area (Å²) in [6.07, 6.45) is 86.0. The van der Waals surface area contributed by atoms with Crippen LogP contribution in [0.15, 0.2) is 60.8 Å². The van der Waals surface area contributed by atoms with Crippen LogP contribution >= 0.6 is 7.82 Å². The van der Waals surface area contributed by atoms with Gasteiger partial charge < -0.3 is 27.9 Å². The number of nitrogens with zero attached hydrogens (tertiary/aromatic N) is 1. The largest absolute Gasteiger partial charge is 0.756 e. The summed E-state index contributed by atoms with van der Waals surface area (Å²) in [5, 5.41) is 0. The number of carbonyl (C=O) groups excluding carboxylic acids is 2. The Bertz CT molecular complexity index is 1600. The van der Waals surface area contributed by atoms with Crippen LogP contribution in [-0.2, 0) is 32.7 Å². The van der Waals surface area contributed by atoms with Crippen molar-refractivity contribution in [1.29, 1.82) is 0 Å². The van der Waals surface area contributed by atoms with Crippen molar-refractivity contribution in [2.45, 2.75) is 354 Å². The van der Waals surface area contributed by atoms with Crippen molar-refractivity contribution < 1.29 is 42.1 Å². The Kier molecular flexibility index (Phi) is 63.4.